The van der Waals surface area contributed by atoms with Gasteiger partial charge in [-0.3, -0.25) is 4.79 Å². The van der Waals surface area contributed by atoms with Gasteiger partial charge in [0.15, 0.2) is 11.5 Å². The number of carbonyl (C=O) groups is 1. The van der Waals surface area contributed by atoms with Crippen molar-refractivity contribution in [2.45, 2.75) is 38.8 Å². The van der Waals surface area contributed by atoms with Gasteiger partial charge in [0.2, 0.25) is 5.91 Å². The third kappa shape index (κ3) is 3.01. The van der Waals surface area contributed by atoms with Gasteiger partial charge < -0.3 is 10.2 Å². The molecule has 0 spiro atoms. The molecule has 1 N–H and O–H groups in total. The van der Waals surface area contributed by atoms with Crippen LogP contribution < -0.4 is 10.2 Å². The number of rotatable bonds is 3. The summed E-state index contributed by atoms with van der Waals surface area (Å²) in [5.74, 6) is 0.425. The molecule has 1 aliphatic carbocycles. The molecule has 0 saturated heterocycles. The second kappa shape index (κ2) is 6.62. The van der Waals surface area contributed by atoms with Gasteiger partial charge in [0.05, 0.1) is 6.04 Å². The summed E-state index contributed by atoms with van der Waals surface area (Å²) in [4.78, 5) is 22.6. The number of aromatic nitrogens is 2. The van der Waals surface area contributed by atoms with Crippen LogP contribution in [0.1, 0.15) is 44.0 Å². The molecule has 1 aromatic carbocycles. The summed E-state index contributed by atoms with van der Waals surface area (Å²) in [6.07, 6.45) is 5.14. The van der Waals surface area contributed by atoms with E-state index in [0.29, 0.717) is 17.3 Å². The Morgan fingerprint density at radius 3 is 2.74 bits per heavy atom. The second-order valence-electron chi connectivity index (χ2n) is 7.27. The average molecular weight is 365 g/mol. The van der Waals surface area contributed by atoms with Gasteiger partial charge in [0.1, 0.15) is 11.9 Å². The third-order valence-electron chi connectivity index (χ3n) is 5.49. The van der Waals surface area contributed by atoms with E-state index in [4.69, 9.17) is 0 Å². The number of amides is 1. The van der Waals surface area contributed by atoms with Gasteiger partial charge in [-0.2, -0.15) is 5.26 Å². The van der Waals surface area contributed by atoms with Crippen molar-refractivity contribution in [3.05, 3.63) is 47.7 Å². The summed E-state index contributed by atoms with van der Waals surface area (Å²) < 4.78 is 14.1. The van der Waals surface area contributed by atoms with Gasteiger partial charge in [-0.05, 0) is 37.0 Å². The van der Waals surface area contributed by atoms with Gasteiger partial charge >= 0.3 is 0 Å². The van der Waals surface area contributed by atoms with Gasteiger partial charge in [0.25, 0.3) is 0 Å². The van der Waals surface area contributed by atoms with E-state index in [1.165, 1.54) is 24.5 Å². The van der Waals surface area contributed by atoms with E-state index in [-0.39, 0.29) is 35.4 Å². The number of hydrogen-bond donors (Lipinski definition) is 1. The lowest BCUT2D eigenvalue weighted by molar-refractivity contribution is -0.117. The van der Waals surface area contributed by atoms with Crippen molar-refractivity contribution < 1.29 is 9.18 Å². The number of benzene rings is 1. The molecule has 7 heteroatoms. The van der Waals surface area contributed by atoms with Crippen molar-refractivity contribution in [2.24, 2.45) is 11.8 Å². The smallest absolute Gasteiger partial charge is 0.224 e. The Balaban J connectivity index is 1.83. The van der Waals surface area contributed by atoms with E-state index in [2.05, 4.69) is 22.2 Å². The van der Waals surface area contributed by atoms with Crippen molar-refractivity contribution >= 4 is 17.4 Å². The molecule has 1 saturated carbocycles. The van der Waals surface area contributed by atoms with Crippen molar-refractivity contribution in [3.8, 4) is 6.07 Å². The minimum absolute atomic E-state index is 0.0178. The third-order valence-corrected chi connectivity index (χ3v) is 5.49. The second-order valence-corrected chi connectivity index (χ2v) is 7.27. The quantitative estimate of drug-likeness (QED) is 0.901. The predicted octanol–water partition coefficient (Wildman–Crippen LogP) is 3.42. The number of fused-ring (bicyclic) bond motifs is 1. The Hall–Kier alpha value is -3.01. The minimum atomic E-state index is -0.360. The number of halogens is 1. The molecule has 1 aromatic heterocycles. The fourth-order valence-electron chi connectivity index (χ4n) is 4.21. The van der Waals surface area contributed by atoms with Crippen LogP contribution in [0.5, 0.6) is 0 Å². The molecule has 1 amide bonds. The summed E-state index contributed by atoms with van der Waals surface area (Å²) in [6.45, 7) is 3.62. The Morgan fingerprint density at radius 2 is 2.07 bits per heavy atom. The Morgan fingerprint density at radius 1 is 1.33 bits per heavy atom. The molecule has 2 aromatic rings. The maximum Gasteiger partial charge on any atom is 0.224 e. The lowest BCUT2D eigenvalue weighted by Crippen LogP contribution is -2.51. The zero-order valence-electron chi connectivity index (χ0n) is 15.2. The molecule has 2 heterocycles. The molecule has 6 nitrogen and oxygen atoms in total. The zero-order valence-corrected chi connectivity index (χ0v) is 15.2. The maximum absolute atomic E-state index is 14.1. The monoisotopic (exact) mass is 365 g/mol. The number of carbonyl (C=O) groups excluding carboxylic acids is 1. The summed E-state index contributed by atoms with van der Waals surface area (Å²) in [6, 6.07) is 6.30. The van der Waals surface area contributed by atoms with E-state index in [1.54, 1.807) is 13.0 Å². The van der Waals surface area contributed by atoms with Crippen LogP contribution in [0, 0.1) is 29.0 Å². The van der Waals surface area contributed by atoms with Gasteiger partial charge in [-0.15, -0.1) is 0 Å². The summed E-state index contributed by atoms with van der Waals surface area (Å²) in [7, 11) is 0. The molecular weight excluding hydrogens is 345 g/mol. The highest BCUT2D eigenvalue weighted by Crippen LogP contribution is 2.50. The molecule has 138 valence electrons. The van der Waals surface area contributed by atoms with Crippen LogP contribution in [0.15, 0.2) is 30.6 Å². The Kier molecular flexibility index (Phi) is 4.27. The van der Waals surface area contributed by atoms with Crippen molar-refractivity contribution in [1.82, 2.24) is 9.97 Å². The minimum Gasteiger partial charge on any atom is -0.360 e. The fourth-order valence-corrected chi connectivity index (χ4v) is 4.21. The normalized spacial score (nSPS) is 24.1. The van der Waals surface area contributed by atoms with E-state index >= 15 is 0 Å². The SMILES string of the molecule is CC(=O)N1c2ccc(F)cc2C(Nc2nccnc2C#N)C(C)C1C1CC1. The van der Waals surface area contributed by atoms with Gasteiger partial charge in [0, 0.05) is 42.5 Å². The van der Waals surface area contributed by atoms with Crippen LogP contribution >= 0.6 is 0 Å². The molecule has 27 heavy (non-hydrogen) atoms. The van der Waals surface area contributed by atoms with Crippen molar-refractivity contribution in [2.75, 3.05) is 10.2 Å². The lowest BCUT2D eigenvalue weighted by atomic mass is 9.80. The first-order valence-electron chi connectivity index (χ1n) is 9.08. The number of nitriles is 1. The summed E-state index contributed by atoms with van der Waals surface area (Å²) in [5, 5.41) is 12.6. The lowest BCUT2D eigenvalue weighted by Gasteiger charge is -2.45. The number of nitrogens with one attached hydrogen (secondary N) is 1. The van der Waals surface area contributed by atoms with E-state index in [1.807, 2.05) is 11.0 Å². The maximum atomic E-state index is 14.1. The van der Waals surface area contributed by atoms with Crippen LogP contribution in [-0.2, 0) is 4.79 Å². The van der Waals surface area contributed by atoms with E-state index < -0.39 is 0 Å². The first-order valence-corrected chi connectivity index (χ1v) is 9.08. The predicted molar refractivity (Wildman–Crippen MR) is 98.3 cm³/mol. The van der Waals surface area contributed by atoms with Gasteiger partial charge in [-0.25, -0.2) is 14.4 Å². The van der Waals surface area contributed by atoms with E-state index in [9.17, 15) is 14.4 Å². The molecule has 1 aliphatic heterocycles. The molecular formula is C20H20FN5O. The first kappa shape index (κ1) is 17.4. The van der Waals surface area contributed by atoms with Gasteiger partial charge in [-0.1, -0.05) is 6.92 Å². The standard InChI is InChI=1S/C20H20FN5O/c1-11-18(25-20-16(10-22)23-7-8-24-20)15-9-14(21)5-6-17(15)26(12(2)27)19(11)13-3-4-13/h5-9,11,13,18-19H,3-4H2,1-2H3,(H,24,25). The molecule has 4 rings (SSSR count). The van der Waals surface area contributed by atoms with E-state index in [0.717, 1.165) is 18.5 Å². The molecule has 3 atom stereocenters. The first-order chi connectivity index (χ1) is 13.0. The van der Waals surface area contributed by atoms with Crippen LogP contribution in [0.4, 0.5) is 15.9 Å². The van der Waals surface area contributed by atoms with Crippen LogP contribution in [0.2, 0.25) is 0 Å². The molecule has 0 radical (unpaired) electrons. The Labute approximate surface area is 157 Å². The molecule has 2 aliphatic rings. The molecule has 0 bridgehead atoms. The zero-order chi connectivity index (χ0) is 19.1. The van der Waals surface area contributed by atoms with Crippen LogP contribution in [0.25, 0.3) is 0 Å². The van der Waals surface area contributed by atoms with Crippen molar-refractivity contribution in [3.63, 3.8) is 0 Å². The molecule has 3 unspecified atom stereocenters. The number of hydrogen-bond acceptors (Lipinski definition) is 5. The largest absolute Gasteiger partial charge is 0.360 e. The Bertz CT molecular complexity index is 936. The number of anilines is 2. The fraction of sp³-hybridized carbons (Fsp3) is 0.400. The highest BCUT2D eigenvalue weighted by molar-refractivity contribution is 5.94. The van der Waals surface area contributed by atoms with Crippen molar-refractivity contribution in [1.29, 1.82) is 5.26 Å². The summed E-state index contributed by atoms with van der Waals surface area (Å²) >= 11 is 0. The average Bonchev–Trinajstić information content (AvgIpc) is 3.48. The topological polar surface area (TPSA) is 81.9 Å². The molecule has 1 fully saturated rings. The van der Waals surface area contributed by atoms with Crippen LogP contribution in [0.3, 0.4) is 0 Å². The highest BCUT2D eigenvalue weighted by atomic mass is 19.1. The number of nitrogens with zero attached hydrogens (tertiary/aromatic N) is 4. The van der Waals surface area contributed by atoms with Crippen LogP contribution in [-0.4, -0.2) is 21.9 Å². The highest BCUT2D eigenvalue weighted by Gasteiger charge is 2.47. The summed E-state index contributed by atoms with van der Waals surface area (Å²) in [5.41, 5.74) is 1.61.